The Morgan fingerprint density at radius 3 is 2.69 bits per heavy atom. The molecule has 2 aliphatic heterocycles. The fourth-order valence-electron chi connectivity index (χ4n) is 6.27. The zero-order valence-electron chi connectivity index (χ0n) is 27.1. The summed E-state index contributed by atoms with van der Waals surface area (Å²) in [5, 5.41) is 9.66. The van der Waals surface area contributed by atoms with Gasteiger partial charge in [0.15, 0.2) is 6.04 Å². The second-order valence-corrected chi connectivity index (χ2v) is 13.2. The van der Waals surface area contributed by atoms with Crippen molar-refractivity contribution in [1.29, 1.82) is 0 Å². The Hall–Kier alpha value is -4.81. The van der Waals surface area contributed by atoms with E-state index in [4.69, 9.17) is 14.2 Å². The number of fused-ring (bicyclic) bond motifs is 7. The third kappa shape index (κ3) is 8.62. The minimum absolute atomic E-state index is 0.0836. The summed E-state index contributed by atoms with van der Waals surface area (Å²) in [7, 11) is 1.23. The first-order chi connectivity index (χ1) is 23.7. The maximum absolute atomic E-state index is 14.8. The number of ether oxygens (including phenoxy) is 3. The quantitative estimate of drug-likeness (QED) is 0.293. The van der Waals surface area contributed by atoms with Crippen molar-refractivity contribution < 1.29 is 37.8 Å². The molecule has 10 nitrogen and oxygen atoms in total. The number of carbonyl (C=O) groups is 4. The molecule has 2 N–H and O–H groups in total. The van der Waals surface area contributed by atoms with Gasteiger partial charge in [-0.1, -0.05) is 42.5 Å². The molecule has 1 fully saturated rings. The normalized spacial score (nSPS) is 20.5. The number of esters is 1. The van der Waals surface area contributed by atoms with Crippen LogP contribution in [-0.4, -0.2) is 80.2 Å². The Morgan fingerprint density at radius 2 is 1.86 bits per heavy atom. The predicted octanol–water partition coefficient (Wildman–Crippen LogP) is 4.89. The molecule has 1 aromatic heterocycles. The van der Waals surface area contributed by atoms with Gasteiger partial charge in [-0.05, 0) is 70.3 Å². The molecule has 1 saturated heterocycles. The van der Waals surface area contributed by atoms with Crippen LogP contribution in [0.1, 0.15) is 40.9 Å². The van der Waals surface area contributed by atoms with E-state index in [1.54, 1.807) is 22.4 Å². The monoisotopic (exact) mass is 687 g/mol. The molecule has 4 aromatic rings. The van der Waals surface area contributed by atoms with Gasteiger partial charge in [-0.15, -0.1) is 11.3 Å². The van der Waals surface area contributed by atoms with Crippen LogP contribution in [0.3, 0.4) is 0 Å². The number of hydrogen-bond acceptors (Lipinski definition) is 8. The number of carbonyl (C=O) groups excluding carboxylic acids is 4. The van der Waals surface area contributed by atoms with E-state index in [0.29, 0.717) is 41.8 Å². The Labute approximate surface area is 287 Å². The fraction of sp³-hybridized carbons (Fsp3) is 0.351. The first-order valence-corrected chi connectivity index (χ1v) is 17.2. The molecule has 0 aliphatic carbocycles. The Morgan fingerprint density at radius 1 is 1.02 bits per heavy atom. The zero-order chi connectivity index (χ0) is 34.3. The molecule has 3 heterocycles. The van der Waals surface area contributed by atoms with Crippen molar-refractivity contribution in [2.75, 3.05) is 33.5 Å². The summed E-state index contributed by atoms with van der Waals surface area (Å²) in [6.07, 6.45) is 2.03. The summed E-state index contributed by atoms with van der Waals surface area (Å²) in [5.74, 6) is -1.59. The van der Waals surface area contributed by atoms with Crippen molar-refractivity contribution in [2.24, 2.45) is 0 Å². The molecule has 256 valence electrons. The van der Waals surface area contributed by atoms with E-state index < -0.39 is 23.7 Å². The number of nitrogens with one attached hydrogen (secondary N) is 2. The number of methoxy groups -OCH3 is 1. The van der Waals surface area contributed by atoms with Crippen molar-refractivity contribution in [2.45, 2.75) is 50.2 Å². The van der Waals surface area contributed by atoms with E-state index in [1.165, 1.54) is 19.2 Å². The molecule has 0 radical (unpaired) electrons. The number of thiophene rings is 1. The maximum atomic E-state index is 14.8. The van der Waals surface area contributed by atoms with Crippen LogP contribution in [0.5, 0.6) is 5.75 Å². The Kier molecular flexibility index (Phi) is 10.8. The van der Waals surface area contributed by atoms with Gasteiger partial charge < -0.3 is 29.7 Å². The molecule has 6 rings (SSSR count). The van der Waals surface area contributed by atoms with E-state index >= 15 is 0 Å². The highest BCUT2D eigenvalue weighted by Crippen LogP contribution is 2.31. The smallest absolute Gasteiger partial charge is 0.330 e. The van der Waals surface area contributed by atoms with Gasteiger partial charge in [0, 0.05) is 31.7 Å². The number of benzene rings is 3. The second-order valence-electron chi connectivity index (χ2n) is 12.3. The van der Waals surface area contributed by atoms with Crippen LogP contribution in [0.2, 0.25) is 0 Å². The molecule has 2 aliphatic rings. The summed E-state index contributed by atoms with van der Waals surface area (Å²) in [4.78, 5) is 54.0. The third-order valence-electron chi connectivity index (χ3n) is 8.75. The number of nitrogens with zero attached hydrogens (tertiary/aromatic N) is 1. The van der Waals surface area contributed by atoms with Crippen LogP contribution >= 0.6 is 11.3 Å². The zero-order valence-corrected chi connectivity index (χ0v) is 27.9. The molecule has 49 heavy (non-hydrogen) atoms. The molecule has 3 amide bonds. The van der Waals surface area contributed by atoms with Crippen molar-refractivity contribution in [3.05, 3.63) is 88.4 Å². The molecule has 3 aromatic carbocycles. The summed E-state index contributed by atoms with van der Waals surface area (Å²) in [6.45, 7) is 0.629. The fourth-order valence-corrected chi connectivity index (χ4v) is 7.09. The van der Waals surface area contributed by atoms with Crippen LogP contribution < -0.4 is 15.4 Å². The van der Waals surface area contributed by atoms with Gasteiger partial charge in [0.2, 0.25) is 11.8 Å². The first-order valence-electron chi connectivity index (χ1n) is 16.3. The van der Waals surface area contributed by atoms with Crippen molar-refractivity contribution in [3.8, 4) is 16.9 Å². The van der Waals surface area contributed by atoms with Crippen LogP contribution in [0.15, 0.2) is 72.1 Å². The summed E-state index contributed by atoms with van der Waals surface area (Å²) in [5.41, 5.74) is 2.01. The highest BCUT2D eigenvalue weighted by Gasteiger charge is 2.36. The lowest BCUT2D eigenvalue weighted by Gasteiger charge is -2.25. The Bertz CT molecular complexity index is 1850. The van der Waals surface area contributed by atoms with E-state index in [9.17, 15) is 23.6 Å². The lowest BCUT2D eigenvalue weighted by molar-refractivity contribution is -0.144. The van der Waals surface area contributed by atoms with E-state index in [1.807, 2.05) is 42.5 Å². The number of amides is 3. The van der Waals surface area contributed by atoms with Gasteiger partial charge in [-0.25, -0.2) is 9.18 Å². The molecule has 0 spiro atoms. The SMILES string of the molecule is COC(=O)[C@@H]1COCCCCC(=O)N2C[C@@H](NC(=O)Cc3ccc4ccccc4c3)C[C@H]2COc2cc(F)cc(c2)-c2csc(c2)C(=O)N1. The van der Waals surface area contributed by atoms with Gasteiger partial charge in [0.25, 0.3) is 5.91 Å². The predicted molar refractivity (Wildman–Crippen MR) is 183 cm³/mol. The highest BCUT2D eigenvalue weighted by molar-refractivity contribution is 7.12. The summed E-state index contributed by atoms with van der Waals surface area (Å²) < 4.78 is 31.4. The topological polar surface area (TPSA) is 123 Å². The van der Waals surface area contributed by atoms with E-state index in [-0.39, 0.29) is 62.3 Å². The average molecular weight is 688 g/mol. The minimum atomic E-state index is -1.02. The van der Waals surface area contributed by atoms with E-state index in [2.05, 4.69) is 10.6 Å². The van der Waals surface area contributed by atoms with Crippen LogP contribution in [0.4, 0.5) is 4.39 Å². The molecule has 0 saturated carbocycles. The van der Waals surface area contributed by atoms with Gasteiger partial charge in [-0.2, -0.15) is 0 Å². The average Bonchev–Trinajstić information content (AvgIpc) is 3.75. The lowest BCUT2D eigenvalue weighted by atomic mass is 10.0. The molecule has 12 heteroatoms. The lowest BCUT2D eigenvalue weighted by Crippen LogP contribution is -2.44. The van der Waals surface area contributed by atoms with Crippen LogP contribution in [-0.2, 0) is 30.3 Å². The van der Waals surface area contributed by atoms with E-state index in [0.717, 1.165) is 27.7 Å². The first kappa shape index (κ1) is 34.1. The van der Waals surface area contributed by atoms with Gasteiger partial charge in [0.1, 0.15) is 18.2 Å². The number of halogens is 1. The molecule has 0 unspecified atom stereocenters. The second kappa shape index (κ2) is 15.6. The Balaban J connectivity index is 1.18. The molecular formula is C37H38FN3O7S. The maximum Gasteiger partial charge on any atom is 0.330 e. The largest absolute Gasteiger partial charge is 0.491 e. The van der Waals surface area contributed by atoms with Gasteiger partial charge in [0.05, 0.1) is 31.1 Å². The molecule has 4 bridgehead atoms. The summed E-state index contributed by atoms with van der Waals surface area (Å²) >= 11 is 1.16. The van der Waals surface area contributed by atoms with Gasteiger partial charge >= 0.3 is 5.97 Å². The van der Waals surface area contributed by atoms with Gasteiger partial charge in [-0.3, -0.25) is 14.4 Å². The van der Waals surface area contributed by atoms with Crippen molar-refractivity contribution in [1.82, 2.24) is 15.5 Å². The minimum Gasteiger partial charge on any atom is -0.491 e. The van der Waals surface area contributed by atoms with Crippen LogP contribution in [0, 0.1) is 5.82 Å². The summed E-state index contributed by atoms with van der Waals surface area (Å²) in [6, 6.07) is 18.2. The number of hydrogen-bond donors (Lipinski definition) is 2. The van der Waals surface area contributed by atoms with Crippen LogP contribution in [0.25, 0.3) is 21.9 Å². The van der Waals surface area contributed by atoms with Crippen molar-refractivity contribution >= 4 is 45.8 Å². The molecule has 3 atom stereocenters. The van der Waals surface area contributed by atoms with Crippen molar-refractivity contribution in [3.63, 3.8) is 0 Å². The standard InChI is InChI=1S/C37H38FN3O7S/c1-46-37(45)32-21-47-11-5-4-8-35(43)41-19-29(39-34(42)13-23-9-10-24-6-2-3-7-25(24)12-23)18-30(41)20-48-31-15-26(14-28(38)17-31)27-16-33(49-22-27)36(44)40-32/h2-3,6-7,9-10,12,14-17,22,29-30,32H,4-5,8,11,13,18-21H2,1H3,(H,39,42)(H,40,44)/t29-,30-,32-/m0/s1. The number of rotatable bonds is 4. The third-order valence-corrected chi connectivity index (χ3v) is 9.68. The molecular weight excluding hydrogens is 649 g/mol. The highest BCUT2D eigenvalue weighted by atomic mass is 32.1.